The summed E-state index contributed by atoms with van der Waals surface area (Å²) in [4.78, 5) is 9.17. The van der Waals surface area contributed by atoms with Crippen LogP contribution in [0.15, 0.2) is 6.07 Å². The minimum atomic E-state index is 0.600. The number of nitrogens with one attached hydrogen (secondary N) is 1. The van der Waals surface area contributed by atoms with Crippen LogP contribution < -0.4 is 5.32 Å². The normalized spacial score (nSPS) is 19.3. The van der Waals surface area contributed by atoms with Gasteiger partial charge in [0, 0.05) is 31.9 Å². The number of hydrogen-bond acceptors (Lipinski definition) is 4. The third-order valence-electron chi connectivity index (χ3n) is 3.18. The van der Waals surface area contributed by atoms with Crippen molar-refractivity contribution >= 4 is 0 Å². The predicted octanol–water partition coefficient (Wildman–Crippen LogP) is 1.86. The Balaban J connectivity index is 1.96. The van der Waals surface area contributed by atoms with Crippen LogP contribution >= 0.6 is 0 Å². The van der Waals surface area contributed by atoms with Gasteiger partial charge in [-0.2, -0.15) is 0 Å². The monoisotopic (exact) mass is 249 g/mol. The standard InChI is InChI=1S/C14H23N3O/c1-3-5-15-9-13-7-11(2)16-14(17-13)8-12-4-6-18-10-12/h7,12,15H,3-6,8-10H2,1-2H3. The minimum Gasteiger partial charge on any atom is -0.381 e. The molecule has 100 valence electrons. The molecule has 0 saturated carbocycles. The topological polar surface area (TPSA) is 47.0 Å². The first-order valence-electron chi connectivity index (χ1n) is 6.90. The molecule has 1 saturated heterocycles. The Kier molecular flexibility index (Phi) is 5.08. The average Bonchev–Trinajstić information content (AvgIpc) is 2.81. The van der Waals surface area contributed by atoms with E-state index >= 15 is 0 Å². The van der Waals surface area contributed by atoms with Gasteiger partial charge in [0.05, 0.1) is 5.69 Å². The highest BCUT2D eigenvalue weighted by Gasteiger charge is 2.17. The predicted molar refractivity (Wildman–Crippen MR) is 71.4 cm³/mol. The SMILES string of the molecule is CCCNCc1cc(C)nc(CC2CCOC2)n1. The molecule has 0 bridgehead atoms. The van der Waals surface area contributed by atoms with Crippen LogP contribution in [0, 0.1) is 12.8 Å². The molecule has 2 heterocycles. The van der Waals surface area contributed by atoms with Gasteiger partial charge in [-0.05, 0) is 38.3 Å². The molecule has 1 fully saturated rings. The van der Waals surface area contributed by atoms with Crippen molar-refractivity contribution in [3.05, 3.63) is 23.3 Å². The lowest BCUT2D eigenvalue weighted by Crippen LogP contribution is -2.17. The van der Waals surface area contributed by atoms with Gasteiger partial charge in [-0.1, -0.05) is 6.92 Å². The summed E-state index contributed by atoms with van der Waals surface area (Å²) in [5.74, 6) is 1.57. The highest BCUT2D eigenvalue weighted by atomic mass is 16.5. The second-order valence-corrected chi connectivity index (χ2v) is 5.03. The largest absolute Gasteiger partial charge is 0.381 e. The molecular formula is C14H23N3O. The fraction of sp³-hybridized carbons (Fsp3) is 0.714. The first kappa shape index (κ1) is 13.4. The molecule has 0 radical (unpaired) electrons. The fourth-order valence-corrected chi connectivity index (χ4v) is 2.28. The van der Waals surface area contributed by atoms with Gasteiger partial charge in [-0.3, -0.25) is 0 Å². The van der Waals surface area contributed by atoms with Gasteiger partial charge in [0.2, 0.25) is 0 Å². The molecular weight excluding hydrogens is 226 g/mol. The van der Waals surface area contributed by atoms with E-state index in [-0.39, 0.29) is 0 Å². The molecule has 1 aromatic rings. The Hall–Kier alpha value is -1.00. The van der Waals surface area contributed by atoms with Crippen LogP contribution in [0.3, 0.4) is 0 Å². The van der Waals surface area contributed by atoms with Gasteiger partial charge < -0.3 is 10.1 Å². The highest BCUT2D eigenvalue weighted by molar-refractivity contribution is 5.10. The number of ether oxygens (including phenoxy) is 1. The zero-order chi connectivity index (χ0) is 12.8. The summed E-state index contributed by atoms with van der Waals surface area (Å²) in [5, 5.41) is 3.38. The summed E-state index contributed by atoms with van der Waals surface area (Å²) < 4.78 is 5.40. The summed E-state index contributed by atoms with van der Waals surface area (Å²) in [7, 11) is 0. The van der Waals surface area contributed by atoms with E-state index in [1.807, 2.05) is 6.92 Å². The highest BCUT2D eigenvalue weighted by Crippen LogP contribution is 2.16. The lowest BCUT2D eigenvalue weighted by atomic mass is 10.0. The van der Waals surface area contributed by atoms with E-state index in [2.05, 4.69) is 28.3 Å². The van der Waals surface area contributed by atoms with Crippen molar-refractivity contribution in [2.45, 2.75) is 39.7 Å². The molecule has 1 aromatic heterocycles. The molecule has 2 rings (SSSR count). The Morgan fingerprint density at radius 1 is 1.44 bits per heavy atom. The van der Waals surface area contributed by atoms with Crippen molar-refractivity contribution in [2.75, 3.05) is 19.8 Å². The summed E-state index contributed by atoms with van der Waals surface area (Å²) in [6, 6.07) is 2.07. The third kappa shape index (κ3) is 4.03. The first-order chi connectivity index (χ1) is 8.78. The van der Waals surface area contributed by atoms with E-state index < -0.39 is 0 Å². The summed E-state index contributed by atoms with van der Waals surface area (Å²) in [5.41, 5.74) is 2.16. The molecule has 0 aliphatic carbocycles. The van der Waals surface area contributed by atoms with E-state index in [0.29, 0.717) is 5.92 Å². The van der Waals surface area contributed by atoms with Crippen molar-refractivity contribution in [1.82, 2.24) is 15.3 Å². The fourth-order valence-electron chi connectivity index (χ4n) is 2.28. The van der Waals surface area contributed by atoms with Gasteiger partial charge in [-0.25, -0.2) is 9.97 Å². The maximum absolute atomic E-state index is 5.40. The van der Waals surface area contributed by atoms with Crippen LogP contribution in [-0.2, 0) is 17.7 Å². The molecule has 1 atom stereocenters. The summed E-state index contributed by atoms with van der Waals surface area (Å²) in [6.07, 6.45) is 3.24. The van der Waals surface area contributed by atoms with E-state index in [9.17, 15) is 0 Å². The molecule has 1 N–H and O–H groups in total. The van der Waals surface area contributed by atoms with Crippen LogP contribution in [0.25, 0.3) is 0 Å². The Bertz CT molecular complexity index is 375. The number of aromatic nitrogens is 2. The van der Waals surface area contributed by atoms with Crippen molar-refractivity contribution in [3.63, 3.8) is 0 Å². The van der Waals surface area contributed by atoms with E-state index in [1.54, 1.807) is 0 Å². The van der Waals surface area contributed by atoms with Crippen LogP contribution in [0.2, 0.25) is 0 Å². The summed E-state index contributed by atoms with van der Waals surface area (Å²) in [6.45, 7) is 7.84. The van der Waals surface area contributed by atoms with Crippen molar-refractivity contribution < 1.29 is 4.74 Å². The zero-order valence-corrected chi connectivity index (χ0v) is 11.4. The number of hydrogen-bond donors (Lipinski definition) is 1. The quantitative estimate of drug-likeness (QED) is 0.782. The molecule has 18 heavy (non-hydrogen) atoms. The molecule has 1 aliphatic rings. The van der Waals surface area contributed by atoms with Gasteiger partial charge in [0.25, 0.3) is 0 Å². The van der Waals surface area contributed by atoms with E-state index in [0.717, 1.165) is 62.8 Å². The maximum atomic E-state index is 5.40. The van der Waals surface area contributed by atoms with Crippen molar-refractivity contribution in [1.29, 1.82) is 0 Å². The van der Waals surface area contributed by atoms with Gasteiger partial charge in [0.1, 0.15) is 5.82 Å². The minimum absolute atomic E-state index is 0.600. The molecule has 0 spiro atoms. The molecule has 0 aromatic carbocycles. The molecule has 4 heteroatoms. The van der Waals surface area contributed by atoms with Crippen LogP contribution in [0.4, 0.5) is 0 Å². The van der Waals surface area contributed by atoms with Crippen molar-refractivity contribution in [2.24, 2.45) is 5.92 Å². The number of aryl methyl sites for hydroxylation is 1. The molecule has 1 unspecified atom stereocenters. The summed E-state index contributed by atoms with van der Waals surface area (Å²) >= 11 is 0. The molecule has 4 nitrogen and oxygen atoms in total. The molecule has 0 amide bonds. The second kappa shape index (κ2) is 6.81. The van der Waals surface area contributed by atoms with Crippen molar-refractivity contribution in [3.8, 4) is 0 Å². The van der Waals surface area contributed by atoms with Crippen LogP contribution in [0.1, 0.15) is 37.0 Å². The van der Waals surface area contributed by atoms with E-state index in [4.69, 9.17) is 4.74 Å². The zero-order valence-electron chi connectivity index (χ0n) is 11.4. The Labute approximate surface area is 109 Å². The third-order valence-corrected chi connectivity index (χ3v) is 3.18. The Morgan fingerprint density at radius 2 is 2.33 bits per heavy atom. The lowest BCUT2D eigenvalue weighted by molar-refractivity contribution is 0.185. The van der Waals surface area contributed by atoms with E-state index in [1.165, 1.54) is 0 Å². The lowest BCUT2D eigenvalue weighted by Gasteiger charge is -2.09. The van der Waals surface area contributed by atoms with Gasteiger partial charge in [0.15, 0.2) is 0 Å². The number of nitrogens with zero attached hydrogens (tertiary/aromatic N) is 2. The number of rotatable bonds is 6. The smallest absolute Gasteiger partial charge is 0.129 e. The Morgan fingerprint density at radius 3 is 3.06 bits per heavy atom. The van der Waals surface area contributed by atoms with Crippen LogP contribution in [0.5, 0.6) is 0 Å². The maximum Gasteiger partial charge on any atom is 0.129 e. The van der Waals surface area contributed by atoms with Gasteiger partial charge >= 0.3 is 0 Å². The molecule has 1 aliphatic heterocycles. The second-order valence-electron chi connectivity index (χ2n) is 5.03. The van der Waals surface area contributed by atoms with Gasteiger partial charge in [-0.15, -0.1) is 0 Å². The van der Waals surface area contributed by atoms with Crippen LogP contribution in [-0.4, -0.2) is 29.7 Å². The average molecular weight is 249 g/mol. The first-order valence-corrected chi connectivity index (χ1v) is 6.90.